The van der Waals surface area contributed by atoms with E-state index in [0.717, 1.165) is 11.6 Å². The number of aromatic nitrogens is 1. The number of nitrogens with zero attached hydrogens (tertiary/aromatic N) is 1. The number of rotatable bonds is 4. The maximum atomic E-state index is 5.87. The van der Waals surface area contributed by atoms with Crippen molar-refractivity contribution in [1.29, 1.82) is 0 Å². The summed E-state index contributed by atoms with van der Waals surface area (Å²) in [4.78, 5) is 4.09. The van der Waals surface area contributed by atoms with Crippen molar-refractivity contribution >= 4 is 5.69 Å². The zero-order valence-corrected chi connectivity index (χ0v) is 9.46. The van der Waals surface area contributed by atoms with Crippen LogP contribution in [-0.2, 0) is 0 Å². The first-order chi connectivity index (χ1) is 7.15. The summed E-state index contributed by atoms with van der Waals surface area (Å²) in [5.41, 5.74) is 8.25. The van der Waals surface area contributed by atoms with Gasteiger partial charge in [-0.2, -0.15) is 0 Å². The zero-order valence-electron chi connectivity index (χ0n) is 9.46. The summed E-state index contributed by atoms with van der Waals surface area (Å²) in [5.74, 6) is 0.732. The summed E-state index contributed by atoms with van der Waals surface area (Å²) < 4.78 is 0. The zero-order chi connectivity index (χ0) is 10.9. The summed E-state index contributed by atoms with van der Waals surface area (Å²) >= 11 is 0. The monoisotopic (exact) mass is 205 g/mol. The molecule has 1 unspecified atom stereocenters. The van der Waals surface area contributed by atoms with Gasteiger partial charge in [0.25, 0.3) is 0 Å². The molecule has 1 aliphatic rings. The summed E-state index contributed by atoms with van der Waals surface area (Å²) in [6.07, 6.45) is 6.29. The molecule has 0 aromatic carbocycles. The molecule has 1 saturated carbocycles. The van der Waals surface area contributed by atoms with Crippen molar-refractivity contribution in [2.24, 2.45) is 11.7 Å². The Morgan fingerprint density at radius 2 is 2.33 bits per heavy atom. The molecule has 2 rings (SSSR count). The Labute approximate surface area is 91.1 Å². The van der Waals surface area contributed by atoms with E-state index in [1.165, 1.54) is 18.4 Å². The molecule has 1 aromatic rings. The van der Waals surface area contributed by atoms with Crippen LogP contribution < -0.4 is 11.1 Å². The third kappa shape index (κ3) is 2.12. The summed E-state index contributed by atoms with van der Waals surface area (Å²) in [6.45, 7) is 4.96. The quantitative estimate of drug-likeness (QED) is 0.789. The average molecular weight is 205 g/mol. The Kier molecular flexibility index (Phi) is 2.65. The molecule has 0 bridgehead atoms. The molecule has 15 heavy (non-hydrogen) atoms. The highest BCUT2D eigenvalue weighted by molar-refractivity contribution is 5.51. The molecule has 1 aliphatic carbocycles. The summed E-state index contributed by atoms with van der Waals surface area (Å²) in [7, 11) is 0. The fraction of sp³-hybridized carbons (Fsp3) is 0.583. The molecule has 0 radical (unpaired) electrons. The smallest absolute Gasteiger partial charge is 0.0495 e. The van der Waals surface area contributed by atoms with Gasteiger partial charge in [0.2, 0.25) is 0 Å². The minimum atomic E-state index is 0.0477. The SMILES string of the molecule is Cc1cnccc1NC(C)(CN)C1CC1. The number of nitrogens with two attached hydrogens (primary N) is 1. The van der Waals surface area contributed by atoms with E-state index in [1.54, 1.807) is 0 Å². The highest BCUT2D eigenvalue weighted by Crippen LogP contribution is 2.41. The van der Waals surface area contributed by atoms with Crippen LogP contribution in [0.5, 0.6) is 0 Å². The average Bonchev–Trinajstić information content (AvgIpc) is 3.05. The van der Waals surface area contributed by atoms with Crippen LogP contribution in [0.4, 0.5) is 5.69 Å². The number of anilines is 1. The van der Waals surface area contributed by atoms with Crippen molar-refractivity contribution in [1.82, 2.24) is 4.98 Å². The van der Waals surface area contributed by atoms with Crippen LogP contribution in [0.25, 0.3) is 0 Å². The van der Waals surface area contributed by atoms with Crippen molar-refractivity contribution in [3.63, 3.8) is 0 Å². The third-order valence-corrected chi connectivity index (χ3v) is 3.34. The van der Waals surface area contributed by atoms with Crippen LogP contribution in [0.1, 0.15) is 25.3 Å². The molecule has 1 atom stereocenters. The molecule has 0 aliphatic heterocycles. The molecule has 3 nitrogen and oxygen atoms in total. The first-order valence-corrected chi connectivity index (χ1v) is 5.54. The molecular formula is C12H19N3. The number of hydrogen-bond donors (Lipinski definition) is 2. The first-order valence-electron chi connectivity index (χ1n) is 5.54. The Morgan fingerprint density at radius 3 is 2.87 bits per heavy atom. The predicted octanol–water partition coefficient (Wildman–Crippen LogP) is 1.93. The third-order valence-electron chi connectivity index (χ3n) is 3.34. The molecule has 82 valence electrons. The van der Waals surface area contributed by atoms with Crippen molar-refractivity contribution in [2.75, 3.05) is 11.9 Å². The predicted molar refractivity (Wildman–Crippen MR) is 62.8 cm³/mol. The van der Waals surface area contributed by atoms with Crippen molar-refractivity contribution in [3.8, 4) is 0 Å². The van der Waals surface area contributed by atoms with E-state index in [0.29, 0.717) is 6.54 Å². The van der Waals surface area contributed by atoms with E-state index >= 15 is 0 Å². The topological polar surface area (TPSA) is 50.9 Å². The van der Waals surface area contributed by atoms with Gasteiger partial charge in [0.05, 0.1) is 0 Å². The van der Waals surface area contributed by atoms with E-state index in [1.807, 2.05) is 18.5 Å². The second kappa shape index (κ2) is 3.81. The van der Waals surface area contributed by atoms with E-state index < -0.39 is 0 Å². The molecule has 1 heterocycles. The molecule has 0 amide bonds. The lowest BCUT2D eigenvalue weighted by molar-refractivity contribution is 0.459. The second-order valence-corrected chi connectivity index (χ2v) is 4.71. The van der Waals surface area contributed by atoms with Gasteiger partial charge in [-0.15, -0.1) is 0 Å². The van der Waals surface area contributed by atoms with Crippen LogP contribution in [0, 0.1) is 12.8 Å². The van der Waals surface area contributed by atoms with Crippen molar-refractivity contribution < 1.29 is 0 Å². The van der Waals surface area contributed by atoms with E-state index in [-0.39, 0.29) is 5.54 Å². The largest absolute Gasteiger partial charge is 0.378 e. The highest BCUT2D eigenvalue weighted by Gasteiger charge is 2.40. The van der Waals surface area contributed by atoms with Gasteiger partial charge in [-0.3, -0.25) is 4.98 Å². The molecular weight excluding hydrogens is 186 g/mol. The molecule has 1 fully saturated rings. The minimum Gasteiger partial charge on any atom is -0.378 e. The van der Waals surface area contributed by atoms with Crippen LogP contribution in [0.2, 0.25) is 0 Å². The Hall–Kier alpha value is -1.09. The van der Waals surface area contributed by atoms with Gasteiger partial charge in [-0.25, -0.2) is 0 Å². The maximum absolute atomic E-state index is 5.87. The van der Waals surface area contributed by atoms with E-state index in [9.17, 15) is 0 Å². The fourth-order valence-corrected chi connectivity index (χ4v) is 1.96. The number of nitrogens with one attached hydrogen (secondary N) is 1. The molecule has 3 heteroatoms. The number of hydrogen-bond acceptors (Lipinski definition) is 3. The Morgan fingerprint density at radius 1 is 1.60 bits per heavy atom. The summed E-state index contributed by atoms with van der Waals surface area (Å²) in [6, 6.07) is 2.02. The number of aryl methyl sites for hydroxylation is 1. The van der Waals surface area contributed by atoms with Gasteiger partial charge in [-0.1, -0.05) is 0 Å². The van der Waals surface area contributed by atoms with Crippen LogP contribution in [-0.4, -0.2) is 17.1 Å². The molecule has 0 spiro atoms. The van der Waals surface area contributed by atoms with Gasteiger partial charge >= 0.3 is 0 Å². The van der Waals surface area contributed by atoms with Crippen LogP contribution >= 0.6 is 0 Å². The van der Waals surface area contributed by atoms with Crippen molar-refractivity contribution in [2.45, 2.75) is 32.2 Å². The van der Waals surface area contributed by atoms with Gasteiger partial charge in [-0.05, 0) is 44.2 Å². The normalized spacial score (nSPS) is 19.7. The second-order valence-electron chi connectivity index (χ2n) is 4.71. The lowest BCUT2D eigenvalue weighted by Crippen LogP contribution is -2.44. The maximum Gasteiger partial charge on any atom is 0.0495 e. The lowest BCUT2D eigenvalue weighted by atomic mass is 9.95. The van der Waals surface area contributed by atoms with Crippen LogP contribution in [0.3, 0.4) is 0 Å². The van der Waals surface area contributed by atoms with E-state index in [2.05, 4.69) is 24.1 Å². The fourth-order valence-electron chi connectivity index (χ4n) is 1.96. The molecule has 3 N–H and O–H groups in total. The van der Waals surface area contributed by atoms with Gasteiger partial charge in [0.1, 0.15) is 0 Å². The Balaban J connectivity index is 2.16. The Bertz CT molecular complexity index is 346. The lowest BCUT2D eigenvalue weighted by Gasteiger charge is -2.31. The van der Waals surface area contributed by atoms with Gasteiger partial charge in [0.15, 0.2) is 0 Å². The van der Waals surface area contributed by atoms with E-state index in [4.69, 9.17) is 5.73 Å². The molecule has 0 saturated heterocycles. The van der Waals surface area contributed by atoms with Crippen LogP contribution in [0.15, 0.2) is 18.5 Å². The summed E-state index contributed by atoms with van der Waals surface area (Å²) in [5, 5.41) is 3.57. The standard InChI is InChI=1S/C12H19N3/c1-9-7-14-6-5-11(9)15-12(2,8-13)10-3-4-10/h5-7,10H,3-4,8,13H2,1-2H3,(H,14,15). The number of pyridine rings is 1. The van der Waals surface area contributed by atoms with Crippen molar-refractivity contribution in [3.05, 3.63) is 24.0 Å². The minimum absolute atomic E-state index is 0.0477. The van der Waals surface area contributed by atoms with Gasteiger partial charge < -0.3 is 11.1 Å². The highest BCUT2D eigenvalue weighted by atomic mass is 15.0. The first kappa shape index (κ1) is 10.4. The molecule has 1 aromatic heterocycles. The van der Waals surface area contributed by atoms with Gasteiger partial charge in [0, 0.05) is 30.2 Å².